The van der Waals surface area contributed by atoms with E-state index in [9.17, 15) is 9.90 Å². The van der Waals surface area contributed by atoms with E-state index in [-0.39, 0.29) is 122 Å². The Morgan fingerprint density at radius 3 is 2.38 bits per heavy atom. The summed E-state index contributed by atoms with van der Waals surface area (Å²) < 4.78 is 60.0. The number of ether oxygens (including phenoxy) is 9. The van der Waals surface area contributed by atoms with Crippen LogP contribution in [0.5, 0.6) is 0 Å². The van der Waals surface area contributed by atoms with Crippen molar-refractivity contribution >= 4 is 5.78 Å². The minimum absolute atomic E-state index is 0.0158. The van der Waals surface area contributed by atoms with Crippen LogP contribution in [0.2, 0.25) is 0 Å². The average Bonchev–Trinajstić information content (AvgIpc) is 3.79. The van der Waals surface area contributed by atoms with Gasteiger partial charge in [-0.05, 0) is 62.0 Å². The van der Waals surface area contributed by atoms with Crippen LogP contribution in [0.15, 0.2) is 24.3 Å². The Morgan fingerprint density at radius 2 is 1.56 bits per heavy atom. The number of carbonyl (C=O) groups excluding carboxylic acids is 1. The Kier molecular flexibility index (Phi) is 10.0. The lowest BCUT2D eigenvalue weighted by Crippen LogP contribution is -2.61. The molecule has 12 heteroatoms. The average molecular weight is 730 g/mol. The van der Waals surface area contributed by atoms with E-state index in [1.807, 2.05) is 0 Å². The van der Waals surface area contributed by atoms with Crippen LogP contribution in [0, 0.1) is 11.8 Å². The zero-order chi connectivity index (χ0) is 35.9. The minimum Gasteiger partial charge on any atom is -0.392 e. The second-order valence-electron chi connectivity index (χ2n) is 17.4. The van der Waals surface area contributed by atoms with Crippen LogP contribution >= 0.6 is 0 Å². The second-order valence-corrected chi connectivity index (χ2v) is 17.4. The van der Waals surface area contributed by atoms with Crippen molar-refractivity contribution < 1.29 is 52.5 Å². The monoisotopic (exact) mass is 729 g/mol. The van der Waals surface area contributed by atoms with Crippen LogP contribution in [-0.2, 0) is 47.4 Å². The first kappa shape index (κ1) is 36.4. The van der Waals surface area contributed by atoms with Crippen LogP contribution < -0.4 is 5.73 Å². The summed E-state index contributed by atoms with van der Waals surface area (Å²) in [7, 11) is 1.66. The molecule has 0 amide bonds. The van der Waals surface area contributed by atoms with Crippen LogP contribution in [-0.4, -0.2) is 128 Å². The van der Waals surface area contributed by atoms with Crippen molar-refractivity contribution in [1.82, 2.24) is 0 Å². The van der Waals surface area contributed by atoms with E-state index in [2.05, 4.69) is 20.1 Å². The third-order valence-corrected chi connectivity index (χ3v) is 14.0. The van der Waals surface area contributed by atoms with Gasteiger partial charge in [-0.1, -0.05) is 20.1 Å². The first-order valence-electron chi connectivity index (χ1n) is 20.2. The number of ketones is 1. The lowest BCUT2D eigenvalue weighted by Gasteiger charge is -2.47. The molecule has 3 N–H and O–H groups in total. The molecule has 19 atom stereocenters. The molecule has 10 saturated heterocycles. The fourth-order valence-corrected chi connectivity index (χ4v) is 11.3. The van der Waals surface area contributed by atoms with Gasteiger partial charge in [0.1, 0.15) is 36.3 Å². The van der Waals surface area contributed by atoms with Crippen LogP contribution in [0.25, 0.3) is 0 Å². The van der Waals surface area contributed by atoms with Gasteiger partial charge in [0.2, 0.25) is 0 Å². The van der Waals surface area contributed by atoms with E-state index in [0.717, 1.165) is 56.1 Å². The van der Waals surface area contributed by atoms with Gasteiger partial charge < -0.3 is 53.5 Å². The molecule has 10 aliphatic rings. The maximum atomic E-state index is 14.1. The summed E-state index contributed by atoms with van der Waals surface area (Å²) in [6, 6.07) is 0. The lowest BCUT2D eigenvalue weighted by molar-refractivity contribution is -0.292. The van der Waals surface area contributed by atoms with Crippen molar-refractivity contribution in [1.29, 1.82) is 0 Å². The predicted molar refractivity (Wildman–Crippen MR) is 186 cm³/mol. The standard InChI is InChI=1S/C40H59NO11/c1-19-11-24-5-7-28-20(2)12-26(45-28)9-10-40-17-33-36(51-40)37-38(50-33)39(52-40)35-29(49-37)8-6-25(47-35)13-22(42)14-27-31(16-30(46-24)21(19)3)48-32(34(27)44-4)15-23(43)18-41/h19,23-39,43H,2-3,5-18,41H2,1,4H3/t19-,23?,24?,25?,26?,27?,28+,29?,30?,31+,32-,33-,34-,35+,36?,37+,38?,39+,40+/m1/s1. The molecule has 10 aliphatic heterocycles. The number of hydrogen-bond acceptors (Lipinski definition) is 12. The summed E-state index contributed by atoms with van der Waals surface area (Å²) >= 11 is 0. The van der Waals surface area contributed by atoms with Gasteiger partial charge in [0.05, 0.1) is 67.1 Å². The summed E-state index contributed by atoms with van der Waals surface area (Å²) in [5, 5.41) is 10.5. The van der Waals surface area contributed by atoms with Gasteiger partial charge in [-0.25, -0.2) is 0 Å². The SMILES string of the molecule is C=C1C2C[C@@H]3O[C@H](CC(O)CN)[C@H](OC)C3CC(=O)CC3CCC4O[C@@H]5C6O[C@@H]7C[C@@](CCC8CC(=C)[C@H](CCC(C[C@H]1C)O2)O8)(OC57)O[C@H]6[C@H]4O3. The summed E-state index contributed by atoms with van der Waals surface area (Å²) in [6.45, 7) is 11.3. The van der Waals surface area contributed by atoms with Crippen molar-refractivity contribution in [3.8, 4) is 0 Å². The second kappa shape index (κ2) is 14.3. The number of nitrogens with two attached hydrogens (primary N) is 1. The van der Waals surface area contributed by atoms with Crippen LogP contribution in [0.4, 0.5) is 0 Å². The molecular weight excluding hydrogens is 670 g/mol. The van der Waals surface area contributed by atoms with Gasteiger partial charge in [-0.15, -0.1) is 0 Å². The number of methoxy groups -OCH3 is 1. The number of fused-ring (bicyclic) bond motifs is 6. The highest BCUT2D eigenvalue weighted by Crippen LogP contribution is 2.54. The Bertz CT molecular complexity index is 1380. The third kappa shape index (κ3) is 6.59. The minimum atomic E-state index is -0.780. The number of aliphatic hydroxyl groups excluding tert-OH is 1. The summed E-state index contributed by atoms with van der Waals surface area (Å²) in [5.74, 6) is -0.619. The summed E-state index contributed by atoms with van der Waals surface area (Å²) in [6.07, 6.45) is 4.85. The molecule has 12 nitrogen and oxygen atoms in total. The van der Waals surface area contributed by atoms with E-state index < -0.39 is 18.0 Å². The Morgan fingerprint density at radius 1 is 0.808 bits per heavy atom. The van der Waals surface area contributed by atoms with Gasteiger partial charge in [-0.3, -0.25) is 4.79 Å². The predicted octanol–water partition coefficient (Wildman–Crippen LogP) is 3.44. The molecule has 52 heavy (non-hydrogen) atoms. The zero-order valence-electron chi connectivity index (χ0n) is 30.8. The van der Waals surface area contributed by atoms with Gasteiger partial charge in [0, 0.05) is 58.1 Å². The van der Waals surface area contributed by atoms with Gasteiger partial charge >= 0.3 is 0 Å². The van der Waals surface area contributed by atoms with Gasteiger partial charge in [0.25, 0.3) is 0 Å². The lowest BCUT2D eigenvalue weighted by atomic mass is 9.81. The molecule has 0 radical (unpaired) electrons. The number of aliphatic hydroxyl groups is 1. The fraction of sp³-hybridized carbons (Fsp3) is 0.875. The van der Waals surface area contributed by atoms with Crippen molar-refractivity contribution in [2.45, 2.75) is 194 Å². The fourth-order valence-electron chi connectivity index (χ4n) is 11.3. The molecule has 290 valence electrons. The molecule has 0 aliphatic carbocycles. The smallest absolute Gasteiger partial charge is 0.172 e. The Hall–Kier alpha value is -1.29. The van der Waals surface area contributed by atoms with E-state index in [4.69, 9.17) is 48.4 Å². The number of hydrogen-bond donors (Lipinski definition) is 2. The molecule has 10 fully saturated rings. The van der Waals surface area contributed by atoms with E-state index in [0.29, 0.717) is 25.7 Å². The molecule has 0 aromatic rings. The molecule has 0 saturated carbocycles. The molecule has 12 bridgehead atoms. The van der Waals surface area contributed by atoms with Crippen molar-refractivity contribution in [2.24, 2.45) is 17.6 Å². The largest absolute Gasteiger partial charge is 0.392 e. The molecule has 1 spiro atoms. The summed E-state index contributed by atoms with van der Waals surface area (Å²) in [5.41, 5.74) is 8.01. The maximum Gasteiger partial charge on any atom is 0.172 e. The number of carbonyl (C=O) groups is 1. The Labute approximate surface area is 307 Å². The number of rotatable bonds is 4. The topological polar surface area (TPSA) is 146 Å². The van der Waals surface area contributed by atoms with Gasteiger partial charge in [-0.2, -0.15) is 0 Å². The third-order valence-electron chi connectivity index (χ3n) is 14.0. The first-order valence-corrected chi connectivity index (χ1v) is 20.2. The van der Waals surface area contributed by atoms with Crippen molar-refractivity contribution in [2.75, 3.05) is 13.7 Å². The number of Topliss-reactive ketones (excluding diaryl/α,β-unsaturated/α-hetero) is 1. The highest BCUT2D eigenvalue weighted by atomic mass is 16.8. The highest BCUT2D eigenvalue weighted by Gasteiger charge is 2.68. The molecule has 0 aromatic carbocycles. The molecule has 10 heterocycles. The van der Waals surface area contributed by atoms with Crippen LogP contribution in [0.3, 0.4) is 0 Å². The van der Waals surface area contributed by atoms with Crippen molar-refractivity contribution in [3.05, 3.63) is 24.3 Å². The maximum absolute atomic E-state index is 14.1. The van der Waals surface area contributed by atoms with E-state index >= 15 is 0 Å². The van der Waals surface area contributed by atoms with Crippen molar-refractivity contribution in [3.63, 3.8) is 0 Å². The molecule has 9 unspecified atom stereocenters. The zero-order valence-corrected chi connectivity index (χ0v) is 30.8. The quantitative estimate of drug-likeness (QED) is 0.409. The van der Waals surface area contributed by atoms with Crippen LogP contribution in [0.1, 0.15) is 90.4 Å². The summed E-state index contributed by atoms with van der Waals surface area (Å²) in [4.78, 5) is 14.1. The Balaban J connectivity index is 0.994. The molecule has 10 rings (SSSR count). The highest BCUT2D eigenvalue weighted by molar-refractivity contribution is 5.79. The van der Waals surface area contributed by atoms with E-state index in [1.54, 1.807) is 7.11 Å². The molecular formula is C40H59NO11. The molecule has 0 aromatic heterocycles. The first-order chi connectivity index (χ1) is 25.1. The van der Waals surface area contributed by atoms with E-state index in [1.165, 1.54) is 0 Å². The normalized spacial score (nSPS) is 52.4. The van der Waals surface area contributed by atoms with Gasteiger partial charge in [0.15, 0.2) is 5.79 Å².